The minimum Gasteiger partial charge on any atom is -0.478 e. The zero-order chi connectivity index (χ0) is 16.0. The van der Waals surface area contributed by atoms with Gasteiger partial charge in [-0.2, -0.15) is 0 Å². The van der Waals surface area contributed by atoms with E-state index in [1.165, 1.54) is 6.08 Å². The Morgan fingerprint density at radius 3 is 2.77 bits per heavy atom. The van der Waals surface area contributed by atoms with E-state index in [0.29, 0.717) is 28.2 Å². The zero-order valence-electron chi connectivity index (χ0n) is 12.2. The van der Waals surface area contributed by atoms with E-state index in [-0.39, 0.29) is 29.6 Å². The molecular formula is C16H15FN2O3. The largest absolute Gasteiger partial charge is 0.478 e. The molecule has 1 aliphatic heterocycles. The molecule has 1 aromatic rings. The number of carboxylic acid groups (broad SMARTS) is 1. The molecule has 1 aliphatic carbocycles. The summed E-state index contributed by atoms with van der Waals surface area (Å²) in [6.07, 6.45) is 4.68. The molecule has 0 bridgehead atoms. The molecule has 1 unspecified atom stereocenters. The maximum Gasteiger partial charge on any atom is 0.337 e. The lowest BCUT2D eigenvalue weighted by Gasteiger charge is -2.13. The third kappa shape index (κ3) is 2.16. The van der Waals surface area contributed by atoms with Crippen LogP contribution in [0.15, 0.2) is 29.2 Å². The van der Waals surface area contributed by atoms with Crippen molar-refractivity contribution in [1.29, 1.82) is 0 Å². The molecule has 0 radical (unpaired) electrons. The SMILES string of the molecule is Cc1[nH]c(/C=C2\C(=O)NC3=CC=C(F)CC32)c(C)c1C(=O)O. The van der Waals surface area contributed by atoms with Crippen LogP contribution < -0.4 is 5.32 Å². The molecule has 1 aromatic heterocycles. The van der Waals surface area contributed by atoms with Crippen LogP contribution in [-0.4, -0.2) is 22.0 Å². The van der Waals surface area contributed by atoms with Crippen molar-refractivity contribution >= 4 is 18.0 Å². The number of hydrogen-bond donors (Lipinski definition) is 3. The Balaban J connectivity index is 2.04. The molecule has 22 heavy (non-hydrogen) atoms. The molecule has 0 saturated carbocycles. The Morgan fingerprint density at radius 1 is 1.41 bits per heavy atom. The molecule has 1 amide bonds. The van der Waals surface area contributed by atoms with Gasteiger partial charge in [0, 0.05) is 35.0 Å². The van der Waals surface area contributed by atoms with Crippen molar-refractivity contribution in [2.75, 3.05) is 0 Å². The van der Waals surface area contributed by atoms with E-state index in [2.05, 4.69) is 10.3 Å². The first-order valence-electron chi connectivity index (χ1n) is 6.90. The number of fused-ring (bicyclic) bond motifs is 1. The van der Waals surface area contributed by atoms with Gasteiger partial charge in [-0.15, -0.1) is 0 Å². The van der Waals surface area contributed by atoms with Gasteiger partial charge in [0.05, 0.1) is 5.56 Å². The van der Waals surface area contributed by atoms with Crippen LogP contribution in [0.2, 0.25) is 0 Å². The first kappa shape index (κ1) is 14.3. The number of halogens is 1. The maximum absolute atomic E-state index is 13.5. The Morgan fingerprint density at radius 2 is 2.14 bits per heavy atom. The Hall–Kier alpha value is -2.63. The molecule has 2 heterocycles. The van der Waals surface area contributed by atoms with E-state index < -0.39 is 5.97 Å². The fourth-order valence-corrected chi connectivity index (χ4v) is 3.00. The molecule has 114 valence electrons. The molecule has 1 saturated heterocycles. The van der Waals surface area contributed by atoms with E-state index in [4.69, 9.17) is 0 Å². The van der Waals surface area contributed by atoms with Crippen LogP contribution in [-0.2, 0) is 4.79 Å². The first-order valence-corrected chi connectivity index (χ1v) is 6.90. The smallest absolute Gasteiger partial charge is 0.337 e. The van der Waals surface area contributed by atoms with Crippen LogP contribution in [0.5, 0.6) is 0 Å². The van der Waals surface area contributed by atoms with Crippen LogP contribution in [0.1, 0.15) is 33.7 Å². The Bertz CT molecular complexity index is 784. The summed E-state index contributed by atoms with van der Waals surface area (Å²) in [6, 6.07) is 0. The molecule has 0 aromatic carbocycles. The van der Waals surface area contributed by atoms with Gasteiger partial charge in [0.2, 0.25) is 0 Å². The summed E-state index contributed by atoms with van der Waals surface area (Å²) < 4.78 is 13.5. The first-order chi connectivity index (χ1) is 10.4. The second kappa shape index (κ2) is 4.98. The summed E-state index contributed by atoms with van der Waals surface area (Å²) >= 11 is 0. The van der Waals surface area contributed by atoms with E-state index in [1.807, 2.05) is 0 Å². The van der Waals surface area contributed by atoms with Gasteiger partial charge in [-0.3, -0.25) is 4.79 Å². The molecule has 1 atom stereocenters. The van der Waals surface area contributed by atoms with Gasteiger partial charge in [0.25, 0.3) is 5.91 Å². The van der Waals surface area contributed by atoms with Crippen LogP contribution in [0.25, 0.3) is 6.08 Å². The predicted molar refractivity (Wildman–Crippen MR) is 78.7 cm³/mol. The standard InChI is InChI=1S/C16H15FN2O3/c1-7-13(18-8(2)14(7)16(21)22)6-11-10-5-9(17)3-4-12(10)19-15(11)20/h3-4,6,10,18H,5H2,1-2H3,(H,19,20)(H,21,22)/b11-6-. The lowest BCUT2D eigenvalue weighted by Crippen LogP contribution is -2.13. The number of carbonyl (C=O) groups is 2. The zero-order valence-corrected chi connectivity index (χ0v) is 12.2. The highest BCUT2D eigenvalue weighted by Gasteiger charge is 2.35. The average Bonchev–Trinajstić information content (AvgIpc) is 2.88. The molecule has 1 fully saturated rings. The number of hydrogen-bond acceptors (Lipinski definition) is 2. The molecule has 5 nitrogen and oxygen atoms in total. The van der Waals surface area contributed by atoms with Crippen molar-refractivity contribution in [2.24, 2.45) is 5.92 Å². The Labute approximate surface area is 126 Å². The summed E-state index contributed by atoms with van der Waals surface area (Å²) in [5.74, 6) is -1.91. The van der Waals surface area contributed by atoms with Gasteiger partial charge in [0.15, 0.2) is 0 Å². The number of aromatic amines is 1. The van der Waals surface area contributed by atoms with E-state index >= 15 is 0 Å². The van der Waals surface area contributed by atoms with Gasteiger partial charge < -0.3 is 15.4 Å². The number of amides is 1. The van der Waals surface area contributed by atoms with Gasteiger partial charge in [0.1, 0.15) is 5.83 Å². The van der Waals surface area contributed by atoms with Crippen molar-refractivity contribution in [1.82, 2.24) is 10.3 Å². The fraction of sp³-hybridized carbons (Fsp3) is 0.250. The topological polar surface area (TPSA) is 82.2 Å². The van der Waals surface area contributed by atoms with Crippen molar-refractivity contribution in [2.45, 2.75) is 20.3 Å². The third-order valence-electron chi connectivity index (χ3n) is 4.10. The Kier molecular flexibility index (Phi) is 3.24. The normalized spacial score (nSPS) is 22.2. The van der Waals surface area contributed by atoms with Crippen LogP contribution in [0.3, 0.4) is 0 Å². The van der Waals surface area contributed by atoms with Gasteiger partial charge in [-0.05, 0) is 37.6 Å². The van der Waals surface area contributed by atoms with Crippen molar-refractivity contribution in [3.63, 3.8) is 0 Å². The lowest BCUT2D eigenvalue weighted by atomic mass is 9.91. The van der Waals surface area contributed by atoms with Gasteiger partial charge >= 0.3 is 5.97 Å². The molecule has 3 rings (SSSR count). The number of nitrogens with one attached hydrogen (secondary N) is 2. The predicted octanol–water partition coefficient (Wildman–Crippen LogP) is 2.60. The summed E-state index contributed by atoms with van der Waals surface area (Å²) in [5, 5.41) is 11.9. The average molecular weight is 302 g/mol. The fourth-order valence-electron chi connectivity index (χ4n) is 3.00. The summed E-state index contributed by atoms with van der Waals surface area (Å²) in [5.41, 5.74) is 2.98. The van der Waals surface area contributed by atoms with Crippen LogP contribution >= 0.6 is 0 Å². The van der Waals surface area contributed by atoms with E-state index in [9.17, 15) is 19.1 Å². The maximum atomic E-state index is 13.5. The monoisotopic (exact) mass is 302 g/mol. The van der Waals surface area contributed by atoms with Crippen LogP contribution in [0.4, 0.5) is 4.39 Å². The number of allylic oxidation sites excluding steroid dienone is 4. The lowest BCUT2D eigenvalue weighted by molar-refractivity contribution is -0.115. The number of rotatable bonds is 2. The molecular weight excluding hydrogens is 287 g/mol. The van der Waals surface area contributed by atoms with Crippen LogP contribution in [0, 0.1) is 19.8 Å². The summed E-state index contributed by atoms with van der Waals surface area (Å²) in [6.45, 7) is 3.35. The number of H-pyrrole nitrogens is 1. The van der Waals surface area contributed by atoms with E-state index in [1.54, 1.807) is 26.0 Å². The second-order valence-electron chi connectivity index (χ2n) is 5.51. The van der Waals surface area contributed by atoms with E-state index in [0.717, 1.165) is 0 Å². The summed E-state index contributed by atoms with van der Waals surface area (Å²) in [4.78, 5) is 26.3. The highest BCUT2D eigenvalue weighted by molar-refractivity contribution is 6.03. The minimum absolute atomic E-state index is 0.140. The van der Waals surface area contributed by atoms with Crippen molar-refractivity contribution in [3.05, 3.63) is 51.8 Å². The second-order valence-corrected chi connectivity index (χ2v) is 5.51. The number of aromatic nitrogens is 1. The molecule has 0 spiro atoms. The number of aryl methyl sites for hydroxylation is 1. The highest BCUT2D eigenvalue weighted by atomic mass is 19.1. The van der Waals surface area contributed by atoms with Crippen molar-refractivity contribution in [3.8, 4) is 0 Å². The number of aromatic carboxylic acids is 1. The highest BCUT2D eigenvalue weighted by Crippen LogP contribution is 2.36. The van der Waals surface area contributed by atoms with Gasteiger partial charge in [-0.25, -0.2) is 9.18 Å². The number of carbonyl (C=O) groups excluding carboxylic acids is 1. The third-order valence-corrected chi connectivity index (χ3v) is 4.10. The molecule has 3 N–H and O–H groups in total. The quantitative estimate of drug-likeness (QED) is 0.734. The molecule has 2 aliphatic rings. The molecule has 6 heteroatoms. The summed E-state index contributed by atoms with van der Waals surface area (Å²) in [7, 11) is 0. The van der Waals surface area contributed by atoms with Crippen molar-refractivity contribution < 1.29 is 19.1 Å². The number of carboxylic acids is 1. The van der Waals surface area contributed by atoms with Gasteiger partial charge in [-0.1, -0.05) is 0 Å². The minimum atomic E-state index is -1.01.